The van der Waals surface area contributed by atoms with Crippen molar-refractivity contribution in [3.8, 4) is 5.75 Å². The maximum absolute atomic E-state index is 12.9. The fourth-order valence-corrected chi connectivity index (χ4v) is 1.38. The number of nitrogen functional groups attached to an aromatic ring is 1. The monoisotopic (exact) mass is 246 g/mol. The van der Waals surface area contributed by atoms with Gasteiger partial charge in [-0.2, -0.15) is 0 Å². The second-order valence-electron chi connectivity index (χ2n) is 3.67. The van der Waals surface area contributed by atoms with Gasteiger partial charge in [0.2, 0.25) is 0 Å². The molecule has 0 aromatic heterocycles. The highest BCUT2D eigenvalue weighted by Crippen LogP contribution is 2.32. The van der Waals surface area contributed by atoms with Crippen LogP contribution in [0.5, 0.6) is 5.75 Å². The summed E-state index contributed by atoms with van der Waals surface area (Å²) in [6.45, 7) is 5.56. The minimum atomic E-state index is -0.640. The minimum Gasteiger partial charge on any atom is -0.505 e. The number of halogens is 2. The van der Waals surface area contributed by atoms with E-state index >= 15 is 0 Å². The number of rotatable bonds is 3. The van der Waals surface area contributed by atoms with Crippen molar-refractivity contribution in [2.24, 2.45) is 5.73 Å². The molecule has 0 bridgehead atoms. The van der Waals surface area contributed by atoms with Crippen LogP contribution in [0.25, 0.3) is 0 Å². The van der Waals surface area contributed by atoms with Gasteiger partial charge in [0.05, 0.1) is 0 Å². The Morgan fingerprint density at radius 2 is 2.12 bits per heavy atom. The predicted octanol–water partition coefficient (Wildman–Crippen LogP) is 2.50. The SMILES string of the molecule is C=C(C)C[C@@H](N)c1ccc(F)c(N)c1O.Cl. The van der Waals surface area contributed by atoms with Crippen molar-refractivity contribution in [2.75, 3.05) is 5.73 Å². The Labute approximate surface area is 100 Å². The smallest absolute Gasteiger partial charge is 0.149 e. The third-order valence-electron chi connectivity index (χ3n) is 2.16. The molecule has 1 rings (SSSR count). The first-order valence-electron chi connectivity index (χ1n) is 4.60. The van der Waals surface area contributed by atoms with E-state index in [0.717, 1.165) is 5.57 Å². The Morgan fingerprint density at radius 1 is 1.56 bits per heavy atom. The van der Waals surface area contributed by atoms with Crippen molar-refractivity contribution >= 4 is 18.1 Å². The molecule has 0 spiro atoms. The average Bonchev–Trinajstić information content (AvgIpc) is 2.13. The Bertz CT molecular complexity index is 396. The molecule has 0 aliphatic carbocycles. The summed E-state index contributed by atoms with van der Waals surface area (Å²) in [6.07, 6.45) is 0.526. The van der Waals surface area contributed by atoms with Gasteiger partial charge < -0.3 is 16.6 Å². The van der Waals surface area contributed by atoms with Gasteiger partial charge in [-0.05, 0) is 19.4 Å². The van der Waals surface area contributed by atoms with Gasteiger partial charge in [-0.3, -0.25) is 0 Å². The molecule has 1 aromatic carbocycles. The van der Waals surface area contributed by atoms with Gasteiger partial charge in [-0.1, -0.05) is 11.6 Å². The van der Waals surface area contributed by atoms with Gasteiger partial charge >= 0.3 is 0 Å². The number of hydrogen-bond donors (Lipinski definition) is 3. The first-order chi connectivity index (χ1) is 6.93. The molecule has 0 saturated heterocycles. The molecular formula is C11H16ClFN2O. The zero-order chi connectivity index (χ0) is 11.6. The zero-order valence-corrected chi connectivity index (χ0v) is 9.85. The fraction of sp³-hybridized carbons (Fsp3) is 0.273. The predicted molar refractivity (Wildman–Crippen MR) is 66.1 cm³/mol. The van der Waals surface area contributed by atoms with E-state index in [1.165, 1.54) is 12.1 Å². The van der Waals surface area contributed by atoms with Crippen molar-refractivity contribution in [2.45, 2.75) is 19.4 Å². The average molecular weight is 247 g/mol. The summed E-state index contributed by atoms with van der Waals surface area (Å²) in [6, 6.07) is 2.22. The molecule has 0 radical (unpaired) electrons. The normalized spacial score (nSPS) is 11.7. The quantitative estimate of drug-likeness (QED) is 0.436. The van der Waals surface area contributed by atoms with Crippen LogP contribution in [0.4, 0.5) is 10.1 Å². The van der Waals surface area contributed by atoms with Gasteiger partial charge in [-0.25, -0.2) is 4.39 Å². The highest BCUT2D eigenvalue weighted by atomic mass is 35.5. The Kier molecular flexibility index (Phi) is 5.27. The van der Waals surface area contributed by atoms with Crippen LogP contribution in [-0.2, 0) is 0 Å². The highest BCUT2D eigenvalue weighted by molar-refractivity contribution is 5.85. The van der Waals surface area contributed by atoms with Gasteiger partial charge in [0.25, 0.3) is 0 Å². The van der Waals surface area contributed by atoms with Crippen molar-refractivity contribution in [1.82, 2.24) is 0 Å². The van der Waals surface area contributed by atoms with Crippen LogP contribution in [0.1, 0.15) is 24.9 Å². The number of nitrogens with two attached hydrogens (primary N) is 2. The lowest BCUT2D eigenvalue weighted by Gasteiger charge is -2.14. The summed E-state index contributed by atoms with van der Waals surface area (Å²) in [5.74, 6) is -0.914. The lowest BCUT2D eigenvalue weighted by atomic mass is 9.99. The van der Waals surface area contributed by atoms with Gasteiger partial charge in [-0.15, -0.1) is 19.0 Å². The van der Waals surface area contributed by atoms with Gasteiger partial charge in [0, 0.05) is 11.6 Å². The lowest BCUT2D eigenvalue weighted by molar-refractivity contribution is 0.458. The number of hydrogen-bond acceptors (Lipinski definition) is 3. The second kappa shape index (κ2) is 5.72. The summed E-state index contributed by atoms with van der Waals surface area (Å²) in [4.78, 5) is 0. The molecule has 0 fully saturated rings. The summed E-state index contributed by atoms with van der Waals surface area (Å²) in [5.41, 5.74) is 12.2. The lowest BCUT2D eigenvalue weighted by Crippen LogP contribution is -2.11. The molecule has 1 atom stereocenters. The van der Waals surface area contributed by atoms with E-state index in [1.807, 2.05) is 6.92 Å². The van der Waals surface area contributed by atoms with E-state index in [1.54, 1.807) is 0 Å². The number of anilines is 1. The third-order valence-corrected chi connectivity index (χ3v) is 2.16. The molecule has 0 amide bonds. The number of phenolic OH excluding ortho intramolecular Hbond substituents is 1. The van der Waals surface area contributed by atoms with E-state index in [0.29, 0.717) is 12.0 Å². The molecule has 16 heavy (non-hydrogen) atoms. The Hall–Kier alpha value is -1.26. The van der Waals surface area contributed by atoms with Crippen LogP contribution in [0.15, 0.2) is 24.3 Å². The summed E-state index contributed by atoms with van der Waals surface area (Å²) in [7, 11) is 0. The van der Waals surface area contributed by atoms with Crippen LogP contribution in [0.2, 0.25) is 0 Å². The van der Waals surface area contributed by atoms with Crippen molar-refractivity contribution in [3.63, 3.8) is 0 Å². The van der Waals surface area contributed by atoms with Crippen LogP contribution >= 0.6 is 12.4 Å². The first-order valence-corrected chi connectivity index (χ1v) is 4.60. The van der Waals surface area contributed by atoms with Gasteiger partial charge in [0.15, 0.2) is 0 Å². The van der Waals surface area contributed by atoms with Crippen molar-refractivity contribution in [3.05, 3.63) is 35.7 Å². The maximum atomic E-state index is 12.9. The number of benzene rings is 1. The van der Waals surface area contributed by atoms with Crippen LogP contribution in [-0.4, -0.2) is 5.11 Å². The summed E-state index contributed by atoms with van der Waals surface area (Å²) < 4.78 is 12.9. The topological polar surface area (TPSA) is 72.3 Å². The molecule has 0 aliphatic rings. The standard InChI is InChI=1S/C11H15FN2O.ClH/c1-6(2)5-9(13)7-3-4-8(12)10(14)11(7)15;/h3-4,9,15H,1,5,13-14H2,2H3;1H/t9-;/m1./s1. The Morgan fingerprint density at radius 3 is 2.62 bits per heavy atom. The zero-order valence-electron chi connectivity index (χ0n) is 9.03. The summed E-state index contributed by atoms with van der Waals surface area (Å²) >= 11 is 0. The molecule has 0 unspecified atom stereocenters. The second-order valence-corrected chi connectivity index (χ2v) is 3.67. The van der Waals surface area contributed by atoms with E-state index in [9.17, 15) is 9.50 Å². The molecule has 3 nitrogen and oxygen atoms in total. The van der Waals surface area contributed by atoms with Crippen LogP contribution < -0.4 is 11.5 Å². The molecule has 0 heterocycles. The summed E-state index contributed by atoms with van der Waals surface area (Å²) in [5, 5.41) is 9.59. The first kappa shape index (κ1) is 14.7. The van der Waals surface area contributed by atoms with Crippen molar-refractivity contribution < 1.29 is 9.50 Å². The van der Waals surface area contributed by atoms with Crippen molar-refractivity contribution in [1.29, 1.82) is 0 Å². The van der Waals surface area contributed by atoms with E-state index in [2.05, 4.69) is 6.58 Å². The highest BCUT2D eigenvalue weighted by Gasteiger charge is 2.15. The fourth-order valence-electron chi connectivity index (χ4n) is 1.38. The largest absolute Gasteiger partial charge is 0.505 e. The van der Waals surface area contributed by atoms with E-state index in [-0.39, 0.29) is 23.8 Å². The van der Waals surface area contributed by atoms with Crippen LogP contribution in [0.3, 0.4) is 0 Å². The number of phenols is 1. The number of aromatic hydroxyl groups is 1. The molecule has 90 valence electrons. The third kappa shape index (κ3) is 3.12. The van der Waals surface area contributed by atoms with Gasteiger partial charge in [0.1, 0.15) is 17.3 Å². The van der Waals surface area contributed by atoms with E-state index in [4.69, 9.17) is 11.5 Å². The minimum absolute atomic E-state index is 0. The molecule has 0 saturated carbocycles. The van der Waals surface area contributed by atoms with Crippen LogP contribution in [0, 0.1) is 5.82 Å². The molecule has 5 N–H and O–H groups in total. The molecule has 1 aromatic rings. The maximum Gasteiger partial charge on any atom is 0.149 e. The molecule has 5 heteroatoms. The molecular weight excluding hydrogens is 231 g/mol. The molecule has 0 aliphatic heterocycles. The Balaban J connectivity index is 0.00000225. The van der Waals surface area contributed by atoms with E-state index < -0.39 is 11.9 Å².